The van der Waals surface area contributed by atoms with E-state index in [0.29, 0.717) is 23.8 Å². The number of non-ortho nitro benzene ring substituents is 1. The number of rotatable bonds is 4. The number of H-pyrrole nitrogens is 1. The summed E-state index contributed by atoms with van der Waals surface area (Å²) in [5.74, 6) is 1.11. The number of nitro groups is 1. The van der Waals surface area contributed by atoms with Gasteiger partial charge < -0.3 is 0 Å². The van der Waals surface area contributed by atoms with Gasteiger partial charge in [-0.25, -0.2) is 14.6 Å². The van der Waals surface area contributed by atoms with Gasteiger partial charge in [-0.2, -0.15) is 10.2 Å². The lowest BCUT2D eigenvalue weighted by molar-refractivity contribution is -0.384. The topological polar surface area (TPSA) is 115 Å². The van der Waals surface area contributed by atoms with Gasteiger partial charge in [-0.15, -0.1) is 0 Å². The van der Waals surface area contributed by atoms with Crippen molar-refractivity contribution < 1.29 is 4.92 Å². The molecule has 0 saturated heterocycles. The molecule has 9 nitrogen and oxygen atoms in total. The van der Waals surface area contributed by atoms with Crippen molar-refractivity contribution in [3.05, 3.63) is 52.9 Å². The van der Waals surface area contributed by atoms with Gasteiger partial charge in [0.25, 0.3) is 5.69 Å². The van der Waals surface area contributed by atoms with Crippen molar-refractivity contribution >= 4 is 5.69 Å². The fourth-order valence-electron chi connectivity index (χ4n) is 1.70. The predicted molar refractivity (Wildman–Crippen MR) is 67.6 cm³/mol. The van der Waals surface area contributed by atoms with Crippen LogP contribution in [-0.4, -0.2) is 34.9 Å². The summed E-state index contributed by atoms with van der Waals surface area (Å²) in [6.07, 6.45) is 3.02. The maximum Gasteiger partial charge on any atom is 0.269 e. The van der Waals surface area contributed by atoms with Crippen LogP contribution in [0.5, 0.6) is 0 Å². The van der Waals surface area contributed by atoms with Crippen LogP contribution in [-0.2, 0) is 6.54 Å². The van der Waals surface area contributed by atoms with Crippen molar-refractivity contribution in [2.45, 2.75) is 6.54 Å². The number of nitrogens with zero attached hydrogens (tertiary/aromatic N) is 6. The van der Waals surface area contributed by atoms with Gasteiger partial charge in [-0.1, -0.05) is 0 Å². The number of hydrogen-bond acceptors (Lipinski definition) is 6. The fraction of sp³-hybridized carbons (Fsp3) is 0.0909. The number of aromatic nitrogens is 6. The first-order valence-corrected chi connectivity index (χ1v) is 5.71. The molecular formula is C11H9N7O2. The molecule has 100 valence electrons. The number of nitrogens with one attached hydrogen (secondary N) is 1. The first kappa shape index (κ1) is 12.0. The molecule has 1 aromatic carbocycles. The molecule has 9 heteroatoms. The minimum atomic E-state index is -0.447. The minimum absolute atomic E-state index is 0.0344. The molecule has 3 rings (SSSR count). The third-order valence-electron chi connectivity index (χ3n) is 2.65. The number of nitro benzene ring substituents is 1. The SMILES string of the molecule is O=[N+]([O-])c1ccc(-c2n[nH]c(Cn3cncn3)n2)cc1. The number of hydrogen-bond donors (Lipinski definition) is 1. The summed E-state index contributed by atoms with van der Waals surface area (Å²) < 4.78 is 1.61. The highest BCUT2D eigenvalue weighted by Gasteiger charge is 2.09. The van der Waals surface area contributed by atoms with Crippen LogP contribution in [0.25, 0.3) is 11.4 Å². The Bertz CT molecular complexity index is 718. The molecular weight excluding hydrogens is 262 g/mol. The van der Waals surface area contributed by atoms with Crippen LogP contribution in [0.3, 0.4) is 0 Å². The second-order valence-electron chi connectivity index (χ2n) is 4.00. The largest absolute Gasteiger partial charge is 0.269 e. The summed E-state index contributed by atoms with van der Waals surface area (Å²) in [4.78, 5) is 18.3. The van der Waals surface area contributed by atoms with Crippen LogP contribution in [0.15, 0.2) is 36.9 Å². The van der Waals surface area contributed by atoms with Crippen LogP contribution in [0.2, 0.25) is 0 Å². The standard InChI is InChI=1S/C11H9N7O2/c19-18(20)9-3-1-8(2-4-9)11-14-10(15-16-11)5-17-7-12-6-13-17/h1-4,6-7H,5H2,(H,14,15,16). The molecule has 0 fully saturated rings. The molecule has 0 spiro atoms. The molecule has 0 aliphatic carbocycles. The van der Waals surface area contributed by atoms with Gasteiger partial charge >= 0.3 is 0 Å². The van der Waals surface area contributed by atoms with E-state index in [2.05, 4.69) is 25.3 Å². The van der Waals surface area contributed by atoms with Crippen LogP contribution < -0.4 is 0 Å². The van der Waals surface area contributed by atoms with E-state index in [4.69, 9.17) is 0 Å². The summed E-state index contributed by atoms with van der Waals surface area (Å²) in [5, 5.41) is 21.4. The molecule has 0 amide bonds. The van der Waals surface area contributed by atoms with E-state index in [1.54, 1.807) is 23.1 Å². The monoisotopic (exact) mass is 271 g/mol. The third-order valence-corrected chi connectivity index (χ3v) is 2.65. The van der Waals surface area contributed by atoms with E-state index in [1.807, 2.05) is 0 Å². The minimum Gasteiger partial charge on any atom is -0.261 e. The van der Waals surface area contributed by atoms with Crippen molar-refractivity contribution in [2.24, 2.45) is 0 Å². The molecule has 20 heavy (non-hydrogen) atoms. The highest BCUT2D eigenvalue weighted by atomic mass is 16.6. The quantitative estimate of drug-likeness (QED) is 0.559. The van der Waals surface area contributed by atoms with Gasteiger partial charge in [-0.05, 0) is 12.1 Å². The Morgan fingerprint density at radius 2 is 2.10 bits per heavy atom. The molecule has 0 aliphatic rings. The van der Waals surface area contributed by atoms with E-state index >= 15 is 0 Å². The molecule has 0 unspecified atom stereocenters. The van der Waals surface area contributed by atoms with Crippen molar-refractivity contribution in [1.82, 2.24) is 29.9 Å². The van der Waals surface area contributed by atoms with Gasteiger partial charge in [0.1, 0.15) is 25.0 Å². The van der Waals surface area contributed by atoms with Crippen molar-refractivity contribution in [3.8, 4) is 11.4 Å². The van der Waals surface area contributed by atoms with E-state index in [-0.39, 0.29) is 5.69 Å². The van der Waals surface area contributed by atoms with Crippen LogP contribution in [0.1, 0.15) is 5.82 Å². The zero-order valence-corrected chi connectivity index (χ0v) is 10.2. The third kappa shape index (κ3) is 2.36. The normalized spacial score (nSPS) is 10.6. The summed E-state index contributed by atoms with van der Waals surface area (Å²) in [6, 6.07) is 6.06. The first-order valence-electron chi connectivity index (χ1n) is 5.71. The second-order valence-corrected chi connectivity index (χ2v) is 4.00. The van der Waals surface area contributed by atoms with Gasteiger partial charge in [0.2, 0.25) is 0 Å². The Morgan fingerprint density at radius 1 is 1.30 bits per heavy atom. The number of benzene rings is 1. The molecule has 2 heterocycles. The molecule has 0 aliphatic heterocycles. The van der Waals surface area contributed by atoms with Crippen LogP contribution in [0.4, 0.5) is 5.69 Å². The Labute approximate surface area is 112 Å². The molecule has 0 radical (unpaired) electrons. The van der Waals surface area contributed by atoms with E-state index in [1.165, 1.54) is 18.5 Å². The van der Waals surface area contributed by atoms with E-state index in [0.717, 1.165) is 0 Å². The Kier molecular flexibility index (Phi) is 2.92. The lowest BCUT2D eigenvalue weighted by atomic mass is 10.2. The van der Waals surface area contributed by atoms with Crippen molar-refractivity contribution in [1.29, 1.82) is 0 Å². The highest BCUT2D eigenvalue weighted by Crippen LogP contribution is 2.19. The molecule has 0 saturated carbocycles. The summed E-state index contributed by atoms with van der Waals surface area (Å²) in [5.41, 5.74) is 0.740. The fourth-order valence-corrected chi connectivity index (χ4v) is 1.70. The molecule has 1 N–H and O–H groups in total. The van der Waals surface area contributed by atoms with Gasteiger partial charge in [0, 0.05) is 17.7 Å². The zero-order chi connectivity index (χ0) is 13.9. The van der Waals surface area contributed by atoms with Crippen molar-refractivity contribution in [3.63, 3.8) is 0 Å². The maximum absolute atomic E-state index is 10.6. The lowest BCUT2D eigenvalue weighted by Crippen LogP contribution is -2.01. The smallest absolute Gasteiger partial charge is 0.261 e. The molecule has 0 bridgehead atoms. The second kappa shape index (κ2) is 4.88. The van der Waals surface area contributed by atoms with E-state index in [9.17, 15) is 10.1 Å². The molecule has 3 aromatic rings. The van der Waals surface area contributed by atoms with Gasteiger partial charge in [0.05, 0.1) is 4.92 Å². The predicted octanol–water partition coefficient (Wildman–Crippen LogP) is 1.02. The molecule has 0 atom stereocenters. The Hall–Kier alpha value is -3.10. The molecule has 2 aromatic heterocycles. The average molecular weight is 271 g/mol. The Balaban J connectivity index is 1.80. The van der Waals surface area contributed by atoms with Crippen LogP contribution >= 0.6 is 0 Å². The van der Waals surface area contributed by atoms with Gasteiger partial charge in [0.15, 0.2) is 5.82 Å². The van der Waals surface area contributed by atoms with Gasteiger partial charge in [-0.3, -0.25) is 15.2 Å². The first-order chi connectivity index (χ1) is 9.72. The zero-order valence-electron chi connectivity index (χ0n) is 10.2. The summed E-state index contributed by atoms with van der Waals surface area (Å²) in [6.45, 7) is 0.431. The highest BCUT2D eigenvalue weighted by molar-refractivity contribution is 5.56. The summed E-state index contributed by atoms with van der Waals surface area (Å²) >= 11 is 0. The van der Waals surface area contributed by atoms with E-state index < -0.39 is 4.92 Å². The summed E-state index contributed by atoms with van der Waals surface area (Å²) in [7, 11) is 0. The maximum atomic E-state index is 10.6. The Morgan fingerprint density at radius 3 is 2.75 bits per heavy atom. The van der Waals surface area contributed by atoms with Crippen LogP contribution in [0, 0.1) is 10.1 Å². The average Bonchev–Trinajstić information content (AvgIpc) is 3.11. The van der Waals surface area contributed by atoms with Crippen molar-refractivity contribution in [2.75, 3.05) is 0 Å². The number of aromatic amines is 1. The lowest BCUT2D eigenvalue weighted by Gasteiger charge is -1.95.